The van der Waals surface area contributed by atoms with Gasteiger partial charge in [0, 0.05) is 31.9 Å². The van der Waals surface area contributed by atoms with Crippen LogP contribution in [0.3, 0.4) is 0 Å². The Bertz CT molecular complexity index is 664. The molecule has 1 fully saturated rings. The second kappa shape index (κ2) is 7.64. The molecule has 0 spiro atoms. The van der Waals surface area contributed by atoms with Crippen LogP contribution in [0, 0.1) is 6.92 Å². The monoisotopic (exact) mass is 337 g/mol. The fourth-order valence-corrected chi connectivity index (χ4v) is 3.15. The lowest BCUT2D eigenvalue weighted by atomic mass is 10.0. The minimum absolute atomic E-state index is 0. The van der Waals surface area contributed by atoms with Gasteiger partial charge in [-0.2, -0.15) is 0 Å². The Morgan fingerprint density at radius 3 is 2.83 bits per heavy atom. The van der Waals surface area contributed by atoms with Crippen molar-refractivity contribution < 1.29 is 4.79 Å². The molecule has 0 atom stereocenters. The number of hydrogen-bond donors (Lipinski definition) is 1. The average molecular weight is 338 g/mol. The standard InChI is InChI=1S/C16H23N5O.ClH/c1-3-8-18-16(22)20-10-6-13(7-11-20)21-12(2)19-14-5-4-9-17-15(14)21;/h4-5,9,13H,3,6-8,10-11H2,1-2H3,(H,18,22);1H. The van der Waals surface area contributed by atoms with E-state index < -0.39 is 0 Å². The summed E-state index contributed by atoms with van der Waals surface area (Å²) in [5, 5.41) is 2.95. The van der Waals surface area contributed by atoms with E-state index in [2.05, 4.69) is 26.8 Å². The van der Waals surface area contributed by atoms with Gasteiger partial charge < -0.3 is 14.8 Å². The highest BCUT2D eigenvalue weighted by atomic mass is 35.5. The van der Waals surface area contributed by atoms with Crippen LogP contribution in [0.2, 0.25) is 0 Å². The molecule has 0 bridgehead atoms. The maximum atomic E-state index is 12.0. The normalized spacial score (nSPS) is 15.5. The lowest BCUT2D eigenvalue weighted by molar-refractivity contribution is 0.172. The molecular weight excluding hydrogens is 314 g/mol. The zero-order valence-electron chi connectivity index (χ0n) is 13.7. The Kier molecular flexibility index (Phi) is 5.82. The average Bonchev–Trinajstić information content (AvgIpc) is 2.88. The smallest absolute Gasteiger partial charge is 0.317 e. The molecule has 2 amide bonds. The number of piperidine rings is 1. The van der Waals surface area contributed by atoms with Gasteiger partial charge in [0.1, 0.15) is 11.3 Å². The highest BCUT2D eigenvalue weighted by Crippen LogP contribution is 2.27. The number of nitrogens with zero attached hydrogens (tertiary/aromatic N) is 4. The number of nitrogens with one attached hydrogen (secondary N) is 1. The molecule has 2 aromatic heterocycles. The maximum absolute atomic E-state index is 12.0. The van der Waals surface area contributed by atoms with Crippen LogP contribution < -0.4 is 5.32 Å². The predicted octanol–water partition coefficient (Wildman–Crippen LogP) is 2.92. The van der Waals surface area contributed by atoms with Crippen molar-refractivity contribution in [3.05, 3.63) is 24.2 Å². The number of likely N-dealkylation sites (tertiary alicyclic amines) is 1. The van der Waals surface area contributed by atoms with Crippen molar-refractivity contribution in [2.45, 2.75) is 39.2 Å². The quantitative estimate of drug-likeness (QED) is 0.936. The molecule has 0 saturated carbocycles. The molecule has 0 aliphatic carbocycles. The molecule has 3 heterocycles. The van der Waals surface area contributed by atoms with Gasteiger partial charge in [-0.15, -0.1) is 12.4 Å². The number of halogens is 1. The number of rotatable bonds is 3. The Morgan fingerprint density at radius 1 is 1.39 bits per heavy atom. The molecule has 1 N–H and O–H groups in total. The molecule has 23 heavy (non-hydrogen) atoms. The van der Waals surface area contributed by atoms with E-state index in [0.29, 0.717) is 6.04 Å². The molecule has 1 aliphatic rings. The van der Waals surface area contributed by atoms with Crippen LogP contribution in [0.25, 0.3) is 11.2 Å². The van der Waals surface area contributed by atoms with E-state index in [1.807, 2.05) is 30.2 Å². The van der Waals surface area contributed by atoms with E-state index in [1.54, 1.807) is 0 Å². The second-order valence-electron chi connectivity index (χ2n) is 5.83. The van der Waals surface area contributed by atoms with Crippen LogP contribution in [0.15, 0.2) is 18.3 Å². The van der Waals surface area contributed by atoms with E-state index in [4.69, 9.17) is 0 Å². The fraction of sp³-hybridized carbons (Fsp3) is 0.562. The van der Waals surface area contributed by atoms with Crippen LogP contribution in [0.4, 0.5) is 4.79 Å². The first-order chi connectivity index (χ1) is 10.7. The minimum atomic E-state index is 0. The number of urea groups is 1. The largest absolute Gasteiger partial charge is 0.338 e. The molecule has 0 aromatic carbocycles. The highest BCUT2D eigenvalue weighted by molar-refractivity contribution is 5.85. The van der Waals surface area contributed by atoms with Gasteiger partial charge in [0.2, 0.25) is 0 Å². The van der Waals surface area contributed by atoms with Crippen LogP contribution in [-0.4, -0.2) is 45.1 Å². The molecule has 126 valence electrons. The van der Waals surface area contributed by atoms with Gasteiger partial charge in [0.05, 0.1) is 0 Å². The number of aromatic nitrogens is 3. The third kappa shape index (κ3) is 3.58. The van der Waals surface area contributed by atoms with Crippen LogP contribution in [0.5, 0.6) is 0 Å². The number of imidazole rings is 1. The summed E-state index contributed by atoms with van der Waals surface area (Å²) >= 11 is 0. The maximum Gasteiger partial charge on any atom is 0.317 e. The predicted molar refractivity (Wildman–Crippen MR) is 93.0 cm³/mol. The van der Waals surface area contributed by atoms with E-state index >= 15 is 0 Å². The number of pyridine rings is 1. The highest BCUT2D eigenvalue weighted by Gasteiger charge is 2.26. The van der Waals surface area contributed by atoms with Crippen molar-refractivity contribution in [1.29, 1.82) is 0 Å². The number of amides is 2. The van der Waals surface area contributed by atoms with Crippen LogP contribution in [0.1, 0.15) is 38.1 Å². The number of carbonyl (C=O) groups is 1. The lowest BCUT2D eigenvalue weighted by Crippen LogP contribution is -2.45. The van der Waals surface area contributed by atoms with Gasteiger partial charge in [0.15, 0.2) is 5.65 Å². The Hall–Kier alpha value is -1.82. The van der Waals surface area contributed by atoms with Gasteiger partial charge in [0.25, 0.3) is 0 Å². The Morgan fingerprint density at radius 2 is 2.13 bits per heavy atom. The van der Waals surface area contributed by atoms with Crippen molar-refractivity contribution >= 4 is 29.6 Å². The van der Waals surface area contributed by atoms with Crippen molar-refractivity contribution in [3.8, 4) is 0 Å². The van der Waals surface area contributed by atoms with Crippen molar-refractivity contribution in [2.24, 2.45) is 0 Å². The second-order valence-corrected chi connectivity index (χ2v) is 5.83. The summed E-state index contributed by atoms with van der Waals surface area (Å²) in [7, 11) is 0. The third-order valence-corrected chi connectivity index (χ3v) is 4.27. The number of carbonyl (C=O) groups excluding carboxylic acids is 1. The zero-order chi connectivity index (χ0) is 15.5. The molecule has 1 saturated heterocycles. The molecular formula is C16H24ClN5O. The minimum Gasteiger partial charge on any atom is -0.338 e. The molecule has 0 unspecified atom stereocenters. The summed E-state index contributed by atoms with van der Waals surface area (Å²) in [6.45, 7) is 6.40. The number of aryl methyl sites for hydroxylation is 1. The van der Waals surface area contributed by atoms with E-state index in [0.717, 1.165) is 55.9 Å². The summed E-state index contributed by atoms with van der Waals surface area (Å²) in [5.74, 6) is 1.00. The first-order valence-corrected chi connectivity index (χ1v) is 8.03. The van der Waals surface area contributed by atoms with Crippen molar-refractivity contribution in [2.75, 3.05) is 19.6 Å². The lowest BCUT2D eigenvalue weighted by Gasteiger charge is -2.33. The molecule has 3 rings (SSSR count). The summed E-state index contributed by atoms with van der Waals surface area (Å²) < 4.78 is 2.23. The Labute approximate surface area is 142 Å². The summed E-state index contributed by atoms with van der Waals surface area (Å²) in [6, 6.07) is 4.35. The van der Waals surface area contributed by atoms with Crippen molar-refractivity contribution in [3.63, 3.8) is 0 Å². The van der Waals surface area contributed by atoms with Crippen LogP contribution >= 0.6 is 12.4 Å². The molecule has 7 heteroatoms. The first kappa shape index (κ1) is 17.5. The van der Waals surface area contributed by atoms with Crippen molar-refractivity contribution in [1.82, 2.24) is 24.8 Å². The van der Waals surface area contributed by atoms with E-state index in [9.17, 15) is 4.79 Å². The molecule has 2 aromatic rings. The summed E-state index contributed by atoms with van der Waals surface area (Å²) in [5.41, 5.74) is 1.90. The van der Waals surface area contributed by atoms with Gasteiger partial charge in [-0.25, -0.2) is 14.8 Å². The third-order valence-electron chi connectivity index (χ3n) is 4.27. The molecule has 1 aliphatic heterocycles. The topological polar surface area (TPSA) is 63.1 Å². The summed E-state index contributed by atoms with van der Waals surface area (Å²) in [6.07, 6.45) is 4.67. The zero-order valence-corrected chi connectivity index (χ0v) is 14.5. The van der Waals surface area contributed by atoms with E-state index in [1.165, 1.54) is 0 Å². The van der Waals surface area contributed by atoms with E-state index in [-0.39, 0.29) is 18.4 Å². The van der Waals surface area contributed by atoms with Gasteiger partial charge in [-0.1, -0.05) is 6.92 Å². The molecule has 6 nitrogen and oxygen atoms in total. The van der Waals surface area contributed by atoms with Gasteiger partial charge in [-0.3, -0.25) is 0 Å². The van der Waals surface area contributed by atoms with Gasteiger partial charge >= 0.3 is 6.03 Å². The first-order valence-electron chi connectivity index (χ1n) is 8.03. The number of fused-ring (bicyclic) bond motifs is 1. The fourth-order valence-electron chi connectivity index (χ4n) is 3.15. The molecule has 0 radical (unpaired) electrons. The van der Waals surface area contributed by atoms with Gasteiger partial charge in [-0.05, 0) is 38.3 Å². The van der Waals surface area contributed by atoms with Crippen LogP contribution in [-0.2, 0) is 0 Å². The SMILES string of the molecule is CCCNC(=O)N1CCC(n2c(C)nc3cccnc32)CC1.Cl. The number of hydrogen-bond acceptors (Lipinski definition) is 3. The summed E-state index contributed by atoms with van der Waals surface area (Å²) in [4.78, 5) is 23.0. The Balaban J connectivity index is 0.00000192.